The van der Waals surface area contributed by atoms with Crippen LogP contribution >= 0.6 is 0 Å². The zero-order valence-corrected chi connectivity index (χ0v) is 81.5. The van der Waals surface area contributed by atoms with Gasteiger partial charge >= 0.3 is 0 Å². The van der Waals surface area contributed by atoms with E-state index in [1.807, 2.05) is 24.3 Å². The summed E-state index contributed by atoms with van der Waals surface area (Å²) in [7, 11) is 0. The molecule has 0 atom stereocenters. The van der Waals surface area contributed by atoms with Gasteiger partial charge in [-0.1, -0.05) is 364 Å². The smallest absolute Gasteiger partial charge is 0.159 e. The number of benzene rings is 24. The van der Waals surface area contributed by atoms with E-state index < -0.39 is 0 Å². The summed E-state index contributed by atoms with van der Waals surface area (Å²) >= 11 is 0. The van der Waals surface area contributed by atoms with Crippen LogP contribution in [0.4, 0.5) is 0 Å². The largest absolute Gasteiger partial charge is 0.454 e. The Balaban J connectivity index is 0.000000103. The second-order valence-corrected chi connectivity index (χ2v) is 39.3. The van der Waals surface area contributed by atoms with Crippen molar-refractivity contribution in [3.05, 3.63) is 546 Å². The summed E-state index contributed by atoms with van der Waals surface area (Å²) in [6, 6.07) is 197. The van der Waals surface area contributed by atoms with Gasteiger partial charge in [0.05, 0.1) is 83.3 Å². The van der Waals surface area contributed by atoms with Gasteiger partial charge in [-0.25, -0.2) is 0 Å². The number of furan rings is 2. The molecular formula is C142H90N6O2. The van der Waals surface area contributed by atoms with E-state index in [-0.39, 0.29) is 0 Å². The highest BCUT2D eigenvalue weighted by Gasteiger charge is 2.26. The Hall–Kier alpha value is -20.1. The van der Waals surface area contributed by atoms with Crippen LogP contribution in [0.5, 0.6) is 0 Å². The monoisotopic (exact) mass is 1910 g/mol. The predicted octanol–water partition coefficient (Wildman–Crippen LogP) is 38.6. The van der Waals surface area contributed by atoms with Gasteiger partial charge in [-0.3, -0.25) is 0 Å². The van der Waals surface area contributed by atoms with Crippen LogP contribution in [-0.4, -0.2) is 27.4 Å². The molecule has 0 saturated heterocycles. The zero-order chi connectivity index (χ0) is 98.5. The lowest BCUT2D eigenvalue weighted by atomic mass is 9.98. The van der Waals surface area contributed by atoms with Gasteiger partial charge in [0.1, 0.15) is 11.2 Å². The maximum Gasteiger partial charge on any atom is 0.159 e. The minimum Gasteiger partial charge on any atom is -0.454 e. The van der Waals surface area contributed by atoms with Gasteiger partial charge in [-0.15, -0.1) is 0 Å². The van der Waals surface area contributed by atoms with E-state index in [1.54, 1.807) is 0 Å². The lowest BCUT2D eigenvalue weighted by molar-refractivity contribution is 0.666. The molecule has 150 heavy (non-hydrogen) atoms. The van der Waals surface area contributed by atoms with Crippen molar-refractivity contribution in [2.75, 3.05) is 0 Å². The zero-order valence-electron chi connectivity index (χ0n) is 81.5. The molecule has 32 aromatic rings. The minimum absolute atomic E-state index is 0.904. The van der Waals surface area contributed by atoms with Gasteiger partial charge in [0.25, 0.3) is 0 Å². The number of hydrogen-bond acceptors (Lipinski definition) is 2. The number of nitrogens with zero attached hydrogens (tertiary/aromatic N) is 6. The summed E-state index contributed by atoms with van der Waals surface area (Å²) in [5.74, 6) is 0. The summed E-state index contributed by atoms with van der Waals surface area (Å²) in [6.07, 6.45) is 0. The lowest BCUT2D eigenvalue weighted by Gasteiger charge is -2.16. The van der Waals surface area contributed by atoms with Gasteiger partial charge in [-0.2, -0.15) is 0 Å². The average molecular weight is 1910 g/mol. The molecule has 0 fully saturated rings. The molecule has 0 bridgehead atoms. The van der Waals surface area contributed by atoms with Gasteiger partial charge < -0.3 is 36.2 Å². The second kappa shape index (κ2) is 34.9. The fraction of sp³-hybridized carbons (Fsp3) is 0. The van der Waals surface area contributed by atoms with E-state index in [4.69, 9.17) is 8.83 Å². The first-order valence-electron chi connectivity index (χ1n) is 51.4. The molecule has 24 aromatic carbocycles. The third-order valence-corrected chi connectivity index (χ3v) is 30.9. The highest BCUT2D eigenvalue weighted by molar-refractivity contribution is 6.20. The number of rotatable bonds is 12. The van der Waals surface area contributed by atoms with Crippen LogP contribution < -0.4 is 0 Å². The van der Waals surface area contributed by atoms with E-state index in [9.17, 15) is 0 Å². The summed E-state index contributed by atoms with van der Waals surface area (Å²) < 4.78 is 27.4. The highest BCUT2D eigenvalue weighted by Crippen LogP contribution is 2.48. The van der Waals surface area contributed by atoms with Gasteiger partial charge in [-0.05, 0) is 254 Å². The first-order valence-corrected chi connectivity index (χ1v) is 51.4. The van der Waals surface area contributed by atoms with Gasteiger partial charge in [0, 0.05) is 109 Å². The highest BCUT2D eigenvalue weighted by atomic mass is 16.3. The molecule has 0 aliphatic heterocycles. The van der Waals surface area contributed by atoms with Crippen molar-refractivity contribution in [2.24, 2.45) is 0 Å². The van der Waals surface area contributed by atoms with Crippen LogP contribution in [-0.2, 0) is 0 Å². The van der Waals surface area contributed by atoms with Crippen LogP contribution in [0.1, 0.15) is 0 Å². The molecule has 0 spiro atoms. The molecule has 8 heteroatoms. The minimum atomic E-state index is 0.904. The fourth-order valence-electron chi connectivity index (χ4n) is 24.1. The van der Waals surface area contributed by atoms with Crippen molar-refractivity contribution >= 4 is 185 Å². The summed E-state index contributed by atoms with van der Waals surface area (Å²) in [5.41, 5.74) is 39.2. The Morgan fingerprint density at radius 2 is 0.360 bits per heavy atom. The van der Waals surface area contributed by atoms with Crippen molar-refractivity contribution < 1.29 is 8.83 Å². The van der Waals surface area contributed by atoms with Crippen molar-refractivity contribution in [2.45, 2.75) is 0 Å². The van der Waals surface area contributed by atoms with E-state index >= 15 is 0 Å². The first kappa shape index (κ1) is 85.5. The topological polar surface area (TPSA) is 55.9 Å². The fourth-order valence-corrected chi connectivity index (χ4v) is 24.1. The van der Waals surface area contributed by atoms with E-state index in [0.717, 1.165) is 88.7 Å². The second-order valence-electron chi connectivity index (χ2n) is 39.3. The molecular weight excluding hydrogens is 1820 g/mol. The molecule has 0 N–H and O–H groups in total. The number of para-hydroxylation sites is 11. The Kier molecular flexibility index (Phi) is 19.9. The molecule has 0 aliphatic rings. The van der Waals surface area contributed by atoms with Gasteiger partial charge in [0.15, 0.2) is 11.2 Å². The quantitative estimate of drug-likeness (QED) is 0.122. The number of fused-ring (bicyclic) bond motifs is 25. The van der Waals surface area contributed by atoms with Crippen LogP contribution in [0, 0.1) is 0 Å². The molecule has 8 nitrogen and oxygen atoms in total. The summed E-state index contributed by atoms with van der Waals surface area (Å²) in [5, 5.41) is 21.9. The lowest BCUT2D eigenvalue weighted by Crippen LogP contribution is -1.98. The Morgan fingerprint density at radius 1 is 0.120 bits per heavy atom. The van der Waals surface area contributed by atoms with E-state index in [0.29, 0.717) is 0 Å². The first-order chi connectivity index (χ1) is 74.4. The molecule has 8 heterocycles. The SMILES string of the molecule is c1ccc(-c2cc3ccccc3cc2-n2c3ccccc3c3cc(-c4ccc5c(c4)c4ccccc4n5-c4ccccc4)ccc32)cc1.c1ccc(-c2ccc(-n3c4ccccc4c4cc(-c5ccc6c(c5)c5ccccc5n6-c5cccc6c5oc5ccccc56)ccc43)cc2)cc1.c1ccc(-c2cccc(-n3c4ccccc4c4cc(-c5ccc6c(c5)c5ccccc5n6-c5cccc6c5oc5ccccc56)ccc43)c2)cc1. The summed E-state index contributed by atoms with van der Waals surface area (Å²) in [6.45, 7) is 0. The molecule has 0 unspecified atom stereocenters. The van der Waals surface area contributed by atoms with Crippen molar-refractivity contribution in [1.29, 1.82) is 0 Å². The van der Waals surface area contributed by atoms with Crippen LogP contribution in [0.25, 0.3) is 286 Å². The normalized spacial score (nSPS) is 11.9. The van der Waals surface area contributed by atoms with Crippen LogP contribution in [0.3, 0.4) is 0 Å². The van der Waals surface area contributed by atoms with Crippen molar-refractivity contribution in [3.63, 3.8) is 0 Å². The molecule has 0 aliphatic carbocycles. The maximum absolute atomic E-state index is 6.51. The molecule has 0 amide bonds. The molecule has 8 aromatic heterocycles. The Labute approximate surface area is 862 Å². The molecule has 32 rings (SSSR count). The third kappa shape index (κ3) is 13.9. The average Bonchev–Trinajstić information content (AvgIpc) is 1.57. The number of aromatic nitrogens is 6. The van der Waals surface area contributed by atoms with E-state index in [1.165, 1.54) is 198 Å². The molecule has 0 saturated carbocycles. The third-order valence-electron chi connectivity index (χ3n) is 30.9. The van der Waals surface area contributed by atoms with E-state index in [2.05, 4.69) is 549 Å². The maximum atomic E-state index is 6.51. The Bertz CT molecular complexity index is 11100. The van der Waals surface area contributed by atoms with Crippen LogP contribution in [0.2, 0.25) is 0 Å². The summed E-state index contributed by atoms with van der Waals surface area (Å²) in [4.78, 5) is 0. The van der Waals surface area contributed by atoms with Gasteiger partial charge in [0.2, 0.25) is 0 Å². The standard InChI is InChI=1S/2C48H30N2O.C46H30N2/c1-2-12-31(13-3-1)32-14-10-15-35(28-32)49-42-20-7-4-16-36(42)40-29-33(24-26-44(40)49)34-25-27-45-41(30-34)37-17-5-8-21-43(37)50(45)46-22-11-19-39-38-18-6-9-23-47(38)51-48(39)46;1-2-11-31(12-3-1)32-21-25-35(26-22-32)49-42-17-7-4-13-36(42)40-29-33(23-27-44(40)49)34-24-28-45-41(30-34)37-14-5-8-18-43(37)50(45)46-19-10-16-39-38-15-6-9-20-47(38)51-48(39)46;1-3-13-31(14-4-1)39-27-32-15-7-8-16-33(32)30-46(39)48-43-22-12-10-20-38(43)41-29-35(24-26-45(41)48)34-23-25-44-40(28-34)37-19-9-11-21-42(37)47(44)36-17-5-2-6-18-36/h2*1-30H;1-30H. The molecule has 700 valence electrons. The predicted molar refractivity (Wildman–Crippen MR) is 630 cm³/mol. The van der Waals surface area contributed by atoms with Crippen molar-refractivity contribution in [1.82, 2.24) is 27.4 Å². The van der Waals surface area contributed by atoms with Crippen LogP contribution in [0.15, 0.2) is 555 Å². The van der Waals surface area contributed by atoms with Crippen molar-refractivity contribution in [3.8, 4) is 101 Å². The molecule has 0 radical (unpaired) electrons. The number of hydrogen-bond donors (Lipinski definition) is 0. The Morgan fingerprint density at radius 3 is 0.747 bits per heavy atom.